The van der Waals surface area contributed by atoms with E-state index in [4.69, 9.17) is 0 Å². The molecule has 0 aromatic rings. The first kappa shape index (κ1) is 16.7. The molecule has 2 heterocycles. The molecule has 4 aliphatic rings. The van der Waals surface area contributed by atoms with Crippen molar-refractivity contribution in [2.45, 2.75) is 56.7 Å². The van der Waals surface area contributed by atoms with Crippen molar-refractivity contribution in [3.8, 4) is 0 Å². The molecule has 2 aliphatic carbocycles. The van der Waals surface area contributed by atoms with Crippen molar-refractivity contribution >= 4 is 0 Å². The van der Waals surface area contributed by atoms with Crippen LogP contribution in [0.4, 0.5) is 8.78 Å². The highest BCUT2D eigenvalue weighted by Gasteiger charge is 2.38. The van der Waals surface area contributed by atoms with Gasteiger partial charge < -0.3 is 0 Å². The van der Waals surface area contributed by atoms with E-state index in [0.717, 1.165) is 38.3 Å². The molecule has 3 fully saturated rings. The minimum atomic E-state index is -0.423. The van der Waals surface area contributed by atoms with Gasteiger partial charge in [-0.2, -0.15) is 0 Å². The number of halogens is 2. The van der Waals surface area contributed by atoms with Crippen molar-refractivity contribution in [2.75, 3.05) is 39.3 Å². The molecule has 0 radical (unpaired) electrons. The first-order valence-corrected chi connectivity index (χ1v) is 9.64. The molecule has 0 spiro atoms. The van der Waals surface area contributed by atoms with E-state index in [1.165, 1.54) is 45.2 Å². The quantitative estimate of drug-likeness (QED) is 0.783. The zero-order valence-corrected chi connectivity index (χ0v) is 14.5. The van der Waals surface area contributed by atoms with E-state index in [9.17, 15) is 8.78 Å². The number of hydrogen-bond acceptors (Lipinski definition) is 3. The lowest BCUT2D eigenvalue weighted by atomic mass is 9.93. The molecular formula is C19H29F2N3. The summed E-state index contributed by atoms with van der Waals surface area (Å²) in [6.45, 7) is 6.58. The van der Waals surface area contributed by atoms with Gasteiger partial charge in [0.1, 0.15) is 11.7 Å². The van der Waals surface area contributed by atoms with Gasteiger partial charge in [0.25, 0.3) is 0 Å². The Morgan fingerprint density at radius 2 is 1.42 bits per heavy atom. The number of piperazine rings is 1. The van der Waals surface area contributed by atoms with Crippen molar-refractivity contribution in [2.24, 2.45) is 0 Å². The Morgan fingerprint density at radius 1 is 0.792 bits per heavy atom. The van der Waals surface area contributed by atoms with Crippen molar-refractivity contribution in [3.05, 3.63) is 23.8 Å². The predicted molar refractivity (Wildman–Crippen MR) is 92.2 cm³/mol. The molecule has 4 rings (SSSR count). The minimum Gasteiger partial charge on any atom is -0.298 e. The molecule has 0 N–H and O–H groups in total. The maximum Gasteiger partial charge on any atom is 0.123 e. The SMILES string of the molecule is FC1=CC(N2CC(N3CCN(C4CCCCC4)CC3)C2)CC(F)=C1. The molecule has 3 nitrogen and oxygen atoms in total. The summed E-state index contributed by atoms with van der Waals surface area (Å²) in [5, 5.41) is 0. The molecular weight excluding hydrogens is 308 g/mol. The first-order valence-electron chi connectivity index (χ1n) is 9.64. The van der Waals surface area contributed by atoms with Crippen LogP contribution in [0, 0.1) is 0 Å². The van der Waals surface area contributed by atoms with Gasteiger partial charge in [-0.3, -0.25) is 14.7 Å². The second-order valence-corrected chi connectivity index (χ2v) is 7.89. The Morgan fingerprint density at radius 3 is 2.04 bits per heavy atom. The third-order valence-electron chi connectivity index (χ3n) is 6.37. The monoisotopic (exact) mass is 337 g/mol. The van der Waals surface area contributed by atoms with Gasteiger partial charge in [0.2, 0.25) is 0 Å². The van der Waals surface area contributed by atoms with Crippen LogP contribution in [-0.4, -0.2) is 72.1 Å². The molecule has 2 saturated heterocycles. The first-order chi connectivity index (χ1) is 11.7. The third kappa shape index (κ3) is 3.58. The molecule has 134 valence electrons. The van der Waals surface area contributed by atoms with Crippen molar-refractivity contribution in [1.29, 1.82) is 0 Å². The zero-order valence-electron chi connectivity index (χ0n) is 14.5. The topological polar surface area (TPSA) is 9.72 Å². The van der Waals surface area contributed by atoms with Crippen LogP contribution < -0.4 is 0 Å². The summed E-state index contributed by atoms with van der Waals surface area (Å²) in [5.41, 5.74) is 0. The fourth-order valence-electron chi connectivity index (χ4n) is 4.84. The van der Waals surface area contributed by atoms with Crippen LogP contribution in [0.25, 0.3) is 0 Å². The van der Waals surface area contributed by atoms with Gasteiger partial charge in [0.05, 0.1) is 0 Å². The van der Waals surface area contributed by atoms with Gasteiger partial charge in [-0.25, -0.2) is 8.78 Å². The highest BCUT2D eigenvalue weighted by atomic mass is 19.1. The number of hydrogen-bond donors (Lipinski definition) is 0. The fourth-order valence-corrected chi connectivity index (χ4v) is 4.84. The maximum atomic E-state index is 13.4. The largest absolute Gasteiger partial charge is 0.298 e. The Hall–Kier alpha value is -0.780. The van der Waals surface area contributed by atoms with Gasteiger partial charge in [0.15, 0.2) is 0 Å². The molecule has 5 heteroatoms. The number of nitrogens with zero attached hydrogens (tertiary/aromatic N) is 3. The number of rotatable bonds is 3. The van der Waals surface area contributed by atoms with Gasteiger partial charge in [-0.1, -0.05) is 19.3 Å². The Kier molecular flexibility index (Phi) is 5.02. The molecule has 24 heavy (non-hydrogen) atoms. The second-order valence-electron chi connectivity index (χ2n) is 7.89. The van der Waals surface area contributed by atoms with E-state index < -0.39 is 5.83 Å². The summed E-state index contributed by atoms with van der Waals surface area (Å²) in [5.74, 6) is -0.752. The van der Waals surface area contributed by atoms with E-state index >= 15 is 0 Å². The highest BCUT2D eigenvalue weighted by molar-refractivity contribution is 5.24. The standard InChI is InChI=1S/C19H29F2N3/c20-15-10-16(21)12-18(11-15)24-13-19(14-24)23-8-6-22(7-9-23)17-4-2-1-3-5-17/h10-11,17-19H,1-9,12-14H2. The average Bonchev–Trinajstić information content (AvgIpc) is 2.54. The number of allylic oxidation sites excluding steroid dienone is 2. The lowest BCUT2D eigenvalue weighted by Gasteiger charge is -2.51. The fraction of sp³-hybridized carbons (Fsp3) is 0.789. The minimum absolute atomic E-state index is 0.0882. The summed E-state index contributed by atoms with van der Waals surface area (Å²) in [6, 6.07) is 1.31. The van der Waals surface area contributed by atoms with Crippen LogP contribution in [0.15, 0.2) is 23.8 Å². The summed E-state index contributed by atoms with van der Waals surface area (Å²) < 4.78 is 26.8. The van der Waals surface area contributed by atoms with Crippen LogP contribution in [0.5, 0.6) is 0 Å². The van der Waals surface area contributed by atoms with Crippen LogP contribution in [0.2, 0.25) is 0 Å². The second kappa shape index (κ2) is 7.22. The van der Waals surface area contributed by atoms with E-state index in [2.05, 4.69) is 14.7 Å². The molecule has 1 atom stereocenters. The lowest BCUT2D eigenvalue weighted by Crippen LogP contribution is -2.65. The average molecular weight is 337 g/mol. The van der Waals surface area contributed by atoms with Gasteiger partial charge >= 0.3 is 0 Å². The smallest absolute Gasteiger partial charge is 0.123 e. The van der Waals surface area contributed by atoms with E-state index in [1.54, 1.807) is 6.08 Å². The van der Waals surface area contributed by atoms with E-state index in [0.29, 0.717) is 12.5 Å². The lowest BCUT2D eigenvalue weighted by molar-refractivity contribution is -0.0184. The summed E-state index contributed by atoms with van der Waals surface area (Å²) in [4.78, 5) is 7.50. The Labute approximate surface area is 144 Å². The van der Waals surface area contributed by atoms with Gasteiger partial charge in [0, 0.05) is 69.9 Å². The Balaban J connectivity index is 1.22. The number of likely N-dealkylation sites (tertiary alicyclic amines) is 1. The Bertz CT molecular complexity index is 499. The highest BCUT2D eigenvalue weighted by Crippen LogP contribution is 2.29. The third-order valence-corrected chi connectivity index (χ3v) is 6.37. The molecule has 0 bridgehead atoms. The van der Waals surface area contributed by atoms with Gasteiger partial charge in [-0.05, 0) is 18.9 Å². The van der Waals surface area contributed by atoms with Crippen LogP contribution >= 0.6 is 0 Å². The molecule has 2 aliphatic heterocycles. The molecule has 1 unspecified atom stereocenters. The van der Waals surface area contributed by atoms with Crippen molar-refractivity contribution in [3.63, 3.8) is 0 Å². The van der Waals surface area contributed by atoms with Crippen molar-refractivity contribution < 1.29 is 8.78 Å². The van der Waals surface area contributed by atoms with Crippen LogP contribution in [-0.2, 0) is 0 Å². The zero-order chi connectivity index (χ0) is 16.5. The summed E-state index contributed by atoms with van der Waals surface area (Å²) in [7, 11) is 0. The maximum absolute atomic E-state index is 13.4. The van der Waals surface area contributed by atoms with Crippen LogP contribution in [0.3, 0.4) is 0 Å². The molecule has 0 aromatic carbocycles. The van der Waals surface area contributed by atoms with Crippen molar-refractivity contribution in [1.82, 2.24) is 14.7 Å². The van der Waals surface area contributed by atoms with Crippen LogP contribution in [0.1, 0.15) is 38.5 Å². The molecule has 0 amide bonds. The van der Waals surface area contributed by atoms with Gasteiger partial charge in [-0.15, -0.1) is 0 Å². The van der Waals surface area contributed by atoms with E-state index in [1.807, 2.05) is 0 Å². The molecule has 1 saturated carbocycles. The normalized spacial score (nSPS) is 32.3. The summed E-state index contributed by atoms with van der Waals surface area (Å²) in [6.07, 6.45) is 9.90. The van der Waals surface area contributed by atoms with E-state index in [-0.39, 0.29) is 11.9 Å². The summed E-state index contributed by atoms with van der Waals surface area (Å²) >= 11 is 0. The molecule has 0 aromatic heterocycles. The predicted octanol–water partition coefficient (Wildman–Crippen LogP) is 3.10.